The second-order valence-electron chi connectivity index (χ2n) is 5.67. The van der Waals surface area contributed by atoms with E-state index in [0.717, 1.165) is 12.1 Å². The van der Waals surface area contributed by atoms with Gasteiger partial charge in [0.2, 0.25) is 0 Å². The first-order valence-electron chi connectivity index (χ1n) is 8.93. The average Bonchev–Trinajstić information content (AvgIpc) is 3.41. The van der Waals surface area contributed by atoms with Crippen molar-refractivity contribution in [2.24, 2.45) is 0 Å². The van der Waals surface area contributed by atoms with Gasteiger partial charge in [0.05, 0.1) is 21.0 Å². The monoisotopic (exact) mass is 407 g/mol. The Kier molecular flexibility index (Phi) is 4.06. The van der Waals surface area contributed by atoms with Gasteiger partial charge in [-0.05, 0) is 18.2 Å². The largest absolute Gasteiger partial charge is 0.415 e. The predicted octanol–water partition coefficient (Wildman–Crippen LogP) is 3.24. The van der Waals surface area contributed by atoms with Crippen molar-refractivity contribution in [2.45, 2.75) is 12.9 Å². The molecule has 0 aliphatic rings. The highest BCUT2D eigenvalue weighted by Gasteiger charge is 2.22. The number of benzene rings is 1. The summed E-state index contributed by atoms with van der Waals surface area (Å²) in [6.07, 6.45) is -0.502. The molecule has 0 saturated carbocycles. The lowest BCUT2D eigenvalue weighted by Crippen LogP contribution is -2.05. The summed E-state index contributed by atoms with van der Waals surface area (Å²) in [5.41, 5.74) is 4.91. The van der Waals surface area contributed by atoms with E-state index in [1.165, 1.54) is 18.5 Å². The molecule has 0 atom stereocenters. The molecule has 29 heavy (non-hydrogen) atoms. The zero-order valence-electron chi connectivity index (χ0n) is 16.2. The Morgan fingerprint density at radius 1 is 1.10 bits per heavy atom. The Bertz CT molecular complexity index is 1240. The number of hydrogen-bond donors (Lipinski definition) is 1. The molecule has 148 valence electrons. The van der Waals surface area contributed by atoms with Gasteiger partial charge in [-0.2, -0.15) is 8.78 Å². The topological polar surface area (TPSA) is 109 Å². The summed E-state index contributed by atoms with van der Waals surface area (Å²) in [5.74, 6) is -4.58. The Balaban J connectivity index is 1.70. The zero-order valence-corrected chi connectivity index (χ0v) is 14.2. The Morgan fingerprint density at radius 3 is 2.62 bits per heavy atom. The minimum Gasteiger partial charge on any atom is -0.415 e. The molecule has 3 aromatic heterocycles. The highest BCUT2D eigenvalue weighted by atomic mass is 19.3. The lowest BCUT2D eigenvalue weighted by atomic mass is 10.1. The molecule has 0 spiro atoms. The van der Waals surface area contributed by atoms with Crippen LogP contribution in [0.15, 0.2) is 41.1 Å². The maximum absolute atomic E-state index is 14.7. The molecular formula is C17H11F4N7O. The first-order valence-corrected chi connectivity index (χ1v) is 7.93. The van der Waals surface area contributed by atoms with Crippen LogP contribution < -0.4 is 5.73 Å². The van der Waals surface area contributed by atoms with Gasteiger partial charge in [0, 0.05) is 17.3 Å². The van der Waals surface area contributed by atoms with Crippen molar-refractivity contribution in [3.05, 3.63) is 59.7 Å². The quantitative estimate of drug-likeness (QED) is 0.506. The van der Waals surface area contributed by atoms with E-state index in [1.807, 2.05) is 0 Å². The van der Waals surface area contributed by atoms with E-state index < -0.39 is 47.5 Å². The Labute approximate surface area is 162 Å². The molecule has 0 radical (unpaired) electrons. The third-order valence-corrected chi connectivity index (χ3v) is 3.75. The van der Waals surface area contributed by atoms with Crippen LogP contribution in [0.25, 0.3) is 22.7 Å². The van der Waals surface area contributed by atoms with Gasteiger partial charge in [0.15, 0.2) is 11.6 Å². The van der Waals surface area contributed by atoms with E-state index in [0.29, 0.717) is 10.2 Å². The smallest absolute Gasteiger partial charge is 0.314 e. The normalized spacial score (nSPS) is 12.9. The minimum absolute atomic E-state index is 0.222. The van der Waals surface area contributed by atoms with E-state index >= 15 is 0 Å². The highest BCUT2D eigenvalue weighted by molar-refractivity contribution is 5.58. The van der Waals surface area contributed by atoms with Gasteiger partial charge in [0.1, 0.15) is 11.5 Å². The van der Waals surface area contributed by atoms with Gasteiger partial charge in [-0.1, -0.05) is 11.3 Å². The molecule has 0 bridgehead atoms. The van der Waals surface area contributed by atoms with E-state index in [4.69, 9.17) is 8.48 Å². The van der Waals surface area contributed by atoms with E-state index in [-0.39, 0.29) is 11.5 Å². The van der Waals surface area contributed by atoms with Gasteiger partial charge < -0.3 is 10.2 Å². The van der Waals surface area contributed by atoms with Crippen LogP contribution in [0.2, 0.25) is 0 Å². The van der Waals surface area contributed by atoms with Crippen molar-refractivity contribution in [1.82, 2.24) is 30.2 Å². The molecule has 1 aromatic carbocycles. The number of nitrogens with zero attached hydrogens (tertiary/aromatic N) is 6. The van der Waals surface area contributed by atoms with Crippen molar-refractivity contribution < 1.29 is 24.7 Å². The van der Waals surface area contributed by atoms with Gasteiger partial charge in [0.25, 0.3) is 11.8 Å². The summed E-state index contributed by atoms with van der Waals surface area (Å²) in [6.45, 7) is -2.65. The number of alkyl halides is 2. The predicted molar refractivity (Wildman–Crippen MR) is 91.4 cm³/mol. The molecule has 8 nitrogen and oxygen atoms in total. The molecule has 12 heteroatoms. The first kappa shape index (κ1) is 16.2. The third-order valence-electron chi connectivity index (χ3n) is 3.75. The van der Waals surface area contributed by atoms with Crippen LogP contribution in [0.4, 0.5) is 23.4 Å². The van der Waals surface area contributed by atoms with Gasteiger partial charge in [-0.25, -0.2) is 18.4 Å². The SMILES string of the molecule is [2H]C([2H])(c1ccc(-c2nnc(C(F)F)o2)c(F)c1F)n1cc(-c2ccc(N)nc2)nn1. The van der Waals surface area contributed by atoms with E-state index in [2.05, 4.69) is 29.9 Å². The van der Waals surface area contributed by atoms with Crippen LogP contribution in [-0.4, -0.2) is 30.2 Å². The van der Waals surface area contributed by atoms with Gasteiger partial charge in [-0.3, -0.25) is 0 Å². The summed E-state index contributed by atoms with van der Waals surface area (Å²) < 4.78 is 76.3. The number of nitrogens with two attached hydrogens (primary N) is 1. The van der Waals surface area contributed by atoms with Crippen LogP contribution in [0.3, 0.4) is 0 Å². The molecule has 0 amide bonds. The van der Waals surface area contributed by atoms with Crippen LogP contribution in [0.5, 0.6) is 0 Å². The highest BCUT2D eigenvalue weighted by Crippen LogP contribution is 2.28. The molecule has 4 rings (SSSR count). The number of pyridine rings is 1. The van der Waals surface area contributed by atoms with Crippen LogP contribution in [0.1, 0.15) is 20.6 Å². The molecule has 0 aliphatic carbocycles. The summed E-state index contributed by atoms with van der Waals surface area (Å²) in [4.78, 5) is 3.89. The average molecular weight is 407 g/mol. The van der Waals surface area contributed by atoms with Crippen LogP contribution >= 0.6 is 0 Å². The van der Waals surface area contributed by atoms with Crippen LogP contribution in [0, 0.1) is 11.6 Å². The molecule has 0 fully saturated rings. The maximum Gasteiger partial charge on any atom is 0.314 e. The Morgan fingerprint density at radius 2 is 1.93 bits per heavy atom. The molecule has 0 aliphatic heterocycles. The molecule has 4 aromatic rings. The maximum atomic E-state index is 14.7. The number of rotatable bonds is 5. The fourth-order valence-corrected chi connectivity index (χ4v) is 2.36. The number of aromatic nitrogens is 6. The van der Waals surface area contributed by atoms with Crippen molar-refractivity contribution in [3.8, 4) is 22.7 Å². The number of hydrogen-bond acceptors (Lipinski definition) is 7. The number of anilines is 1. The third kappa shape index (κ3) is 3.63. The second kappa shape index (κ2) is 7.30. The molecule has 0 unspecified atom stereocenters. The lowest BCUT2D eigenvalue weighted by molar-refractivity contribution is 0.116. The van der Waals surface area contributed by atoms with Crippen molar-refractivity contribution in [3.63, 3.8) is 0 Å². The fourth-order valence-electron chi connectivity index (χ4n) is 2.36. The van der Waals surface area contributed by atoms with Crippen molar-refractivity contribution >= 4 is 5.82 Å². The standard InChI is InChI=1S/C17H11F4N7O/c18-13-9(1-3-10(14(13)19)16-25-26-17(29-16)15(20)21)6-28-7-11(24-27-28)8-2-4-12(22)23-5-8/h1-5,7,15H,6H2,(H2,22,23)/i6D2. The second-order valence-corrected chi connectivity index (χ2v) is 5.67. The van der Waals surface area contributed by atoms with Gasteiger partial charge in [-0.15, -0.1) is 15.3 Å². The summed E-state index contributed by atoms with van der Waals surface area (Å²) >= 11 is 0. The molecule has 2 N–H and O–H groups in total. The summed E-state index contributed by atoms with van der Waals surface area (Å²) in [5, 5.41) is 13.8. The summed E-state index contributed by atoms with van der Waals surface area (Å²) in [7, 11) is 0. The summed E-state index contributed by atoms with van der Waals surface area (Å²) in [6, 6.07) is 4.95. The van der Waals surface area contributed by atoms with E-state index in [9.17, 15) is 17.6 Å². The molecule has 3 heterocycles. The first-order chi connectivity index (χ1) is 14.7. The van der Waals surface area contributed by atoms with Crippen LogP contribution in [-0.2, 0) is 6.50 Å². The lowest BCUT2D eigenvalue weighted by Gasteiger charge is -2.06. The van der Waals surface area contributed by atoms with Gasteiger partial charge >= 0.3 is 6.43 Å². The van der Waals surface area contributed by atoms with Crippen molar-refractivity contribution in [1.29, 1.82) is 0 Å². The number of halogens is 4. The van der Waals surface area contributed by atoms with Crippen molar-refractivity contribution in [2.75, 3.05) is 5.73 Å². The zero-order chi connectivity index (χ0) is 22.3. The molecule has 0 saturated heterocycles. The fraction of sp³-hybridized carbons (Fsp3) is 0.118. The Hall–Kier alpha value is -3.83. The minimum atomic E-state index is -3.08. The van der Waals surface area contributed by atoms with E-state index in [1.54, 1.807) is 6.07 Å². The number of nitrogen functional groups attached to an aromatic ring is 1. The molecular weight excluding hydrogens is 394 g/mol.